The molecule has 0 fully saturated rings. The molecule has 5 rings (SSSR count). The number of methoxy groups -OCH3 is 1. The van der Waals surface area contributed by atoms with Gasteiger partial charge in [0, 0.05) is 55.8 Å². The van der Waals surface area contributed by atoms with Crippen LogP contribution in [0, 0.1) is 5.82 Å². The van der Waals surface area contributed by atoms with Gasteiger partial charge in [-0.1, -0.05) is 12.1 Å². The highest BCUT2D eigenvalue weighted by Crippen LogP contribution is 2.27. The number of carbonyl (C=O) groups is 1. The standard InChI is InChI=1S/C26H24FN7O2/c1-33-19(8-10-29-33)14-24-28-15-18-5-4-17(13-21(18)31-24)26(35)32-25(22-9-11-30-34(22)2)16-6-7-23(36-3)20(27)12-16/h4-13,15,25H,14H2,1-3H3,(H,32,35)/t25-/m0/s1. The third kappa shape index (κ3) is 4.52. The summed E-state index contributed by atoms with van der Waals surface area (Å²) in [5, 5.41) is 12.2. The molecule has 1 amide bonds. The van der Waals surface area contributed by atoms with Crippen molar-refractivity contribution in [1.82, 2.24) is 34.8 Å². The van der Waals surface area contributed by atoms with Gasteiger partial charge in [-0.2, -0.15) is 10.2 Å². The van der Waals surface area contributed by atoms with E-state index in [1.807, 2.05) is 19.2 Å². The third-order valence-electron chi connectivity index (χ3n) is 6.10. The minimum absolute atomic E-state index is 0.130. The Morgan fingerprint density at radius 3 is 2.56 bits per heavy atom. The van der Waals surface area contributed by atoms with E-state index in [-0.39, 0.29) is 11.7 Å². The predicted molar refractivity (Wildman–Crippen MR) is 131 cm³/mol. The SMILES string of the molecule is COc1ccc([C@H](NC(=O)c2ccc3cnc(Cc4ccnn4C)nc3c2)c2ccnn2C)cc1F. The van der Waals surface area contributed by atoms with Crippen LogP contribution in [-0.4, -0.2) is 42.5 Å². The van der Waals surface area contributed by atoms with E-state index in [1.54, 1.807) is 59.3 Å². The first kappa shape index (κ1) is 23.2. The molecule has 0 saturated carbocycles. The Balaban J connectivity index is 1.45. The second-order valence-electron chi connectivity index (χ2n) is 8.36. The number of benzene rings is 2. The van der Waals surface area contributed by atoms with Gasteiger partial charge in [0.2, 0.25) is 0 Å². The zero-order valence-electron chi connectivity index (χ0n) is 20.0. The van der Waals surface area contributed by atoms with Gasteiger partial charge >= 0.3 is 0 Å². The molecule has 1 atom stereocenters. The highest BCUT2D eigenvalue weighted by molar-refractivity contribution is 5.98. The summed E-state index contributed by atoms with van der Waals surface area (Å²) >= 11 is 0. The van der Waals surface area contributed by atoms with Crippen LogP contribution in [0.25, 0.3) is 10.9 Å². The first-order chi connectivity index (χ1) is 17.4. The minimum atomic E-state index is -0.632. The van der Waals surface area contributed by atoms with E-state index in [1.165, 1.54) is 19.2 Å². The van der Waals surface area contributed by atoms with E-state index in [4.69, 9.17) is 4.74 Å². The van der Waals surface area contributed by atoms with E-state index in [0.29, 0.717) is 34.6 Å². The van der Waals surface area contributed by atoms with E-state index < -0.39 is 11.9 Å². The van der Waals surface area contributed by atoms with Crippen LogP contribution in [0.2, 0.25) is 0 Å². The van der Waals surface area contributed by atoms with Crippen LogP contribution in [0.4, 0.5) is 4.39 Å². The Morgan fingerprint density at radius 2 is 1.86 bits per heavy atom. The van der Waals surface area contributed by atoms with Gasteiger partial charge < -0.3 is 10.1 Å². The molecule has 2 aromatic carbocycles. The van der Waals surface area contributed by atoms with Gasteiger partial charge in [0.1, 0.15) is 5.82 Å². The summed E-state index contributed by atoms with van der Waals surface area (Å²) in [6.45, 7) is 0. The lowest BCUT2D eigenvalue weighted by atomic mass is 10.0. The molecule has 1 N–H and O–H groups in total. The van der Waals surface area contributed by atoms with Crippen LogP contribution in [0.1, 0.15) is 39.2 Å². The summed E-state index contributed by atoms with van der Waals surface area (Å²) in [6.07, 6.45) is 5.63. The van der Waals surface area contributed by atoms with Crippen molar-refractivity contribution in [3.8, 4) is 5.75 Å². The molecule has 0 radical (unpaired) electrons. The monoisotopic (exact) mass is 485 g/mol. The van der Waals surface area contributed by atoms with Crippen molar-refractivity contribution in [2.24, 2.45) is 14.1 Å². The fourth-order valence-corrected chi connectivity index (χ4v) is 4.10. The van der Waals surface area contributed by atoms with Gasteiger partial charge in [-0.05, 0) is 42.0 Å². The summed E-state index contributed by atoms with van der Waals surface area (Å²) < 4.78 is 23.0. The van der Waals surface area contributed by atoms with Gasteiger partial charge in [-0.15, -0.1) is 0 Å². The lowest BCUT2D eigenvalue weighted by molar-refractivity contribution is 0.0941. The Labute approximate surface area is 206 Å². The molecule has 0 spiro atoms. The van der Waals surface area contributed by atoms with E-state index in [0.717, 1.165) is 11.1 Å². The Morgan fingerprint density at radius 1 is 1.06 bits per heavy atom. The molecule has 10 heteroatoms. The van der Waals surface area contributed by atoms with Crippen LogP contribution in [0.15, 0.2) is 67.1 Å². The van der Waals surface area contributed by atoms with Gasteiger partial charge in [-0.25, -0.2) is 14.4 Å². The fourth-order valence-electron chi connectivity index (χ4n) is 4.10. The Bertz CT molecular complexity index is 1560. The molecule has 3 aromatic heterocycles. The van der Waals surface area contributed by atoms with Crippen LogP contribution < -0.4 is 10.1 Å². The van der Waals surface area contributed by atoms with Crippen LogP contribution in [-0.2, 0) is 20.5 Å². The quantitative estimate of drug-likeness (QED) is 0.380. The first-order valence-corrected chi connectivity index (χ1v) is 11.3. The molecule has 5 aromatic rings. The van der Waals surface area contributed by atoms with Crippen molar-refractivity contribution in [1.29, 1.82) is 0 Å². The lowest BCUT2D eigenvalue weighted by Gasteiger charge is -2.20. The van der Waals surface area contributed by atoms with E-state index in [9.17, 15) is 9.18 Å². The zero-order chi connectivity index (χ0) is 25.2. The summed E-state index contributed by atoms with van der Waals surface area (Å²) in [7, 11) is 5.04. The summed E-state index contributed by atoms with van der Waals surface area (Å²) in [4.78, 5) is 22.5. The number of nitrogens with zero attached hydrogens (tertiary/aromatic N) is 6. The highest BCUT2D eigenvalue weighted by Gasteiger charge is 2.22. The number of fused-ring (bicyclic) bond motifs is 1. The van der Waals surface area contributed by atoms with Crippen molar-refractivity contribution in [3.63, 3.8) is 0 Å². The second-order valence-corrected chi connectivity index (χ2v) is 8.36. The maximum absolute atomic E-state index is 14.5. The summed E-state index contributed by atoms with van der Waals surface area (Å²) in [5.74, 6) is -0.0824. The molecule has 0 saturated heterocycles. The molecule has 0 bridgehead atoms. The minimum Gasteiger partial charge on any atom is -0.494 e. The van der Waals surface area contributed by atoms with Crippen LogP contribution >= 0.6 is 0 Å². The molecular weight excluding hydrogens is 461 g/mol. The van der Waals surface area contributed by atoms with Crippen molar-refractivity contribution in [3.05, 3.63) is 101 Å². The van der Waals surface area contributed by atoms with Crippen LogP contribution in [0.5, 0.6) is 5.75 Å². The third-order valence-corrected chi connectivity index (χ3v) is 6.10. The fraction of sp³-hybridized carbons (Fsp3) is 0.192. The predicted octanol–water partition coefficient (Wildman–Crippen LogP) is 3.35. The largest absolute Gasteiger partial charge is 0.494 e. The first-order valence-electron chi connectivity index (χ1n) is 11.3. The Kier molecular flexibility index (Phi) is 6.16. The molecule has 0 aliphatic heterocycles. The van der Waals surface area contributed by atoms with Gasteiger partial charge in [-0.3, -0.25) is 14.2 Å². The lowest BCUT2D eigenvalue weighted by Crippen LogP contribution is -2.30. The maximum Gasteiger partial charge on any atom is 0.252 e. The number of aryl methyl sites for hydroxylation is 2. The highest BCUT2D eigenvalue weighted by atomic mass is 19.1. The van der Waals surface area contributed by atoms with Crippen molar-refractivity contribution >= 4 is 16.8 Å². The number of halogens is 1. The molecule has 3 heterocycles. The second kappa shape index (κ2) is 9.57. The average Bonchev–Trinajstić information content (AvgIpc) is 3.49. The molecule has 9 nitrogen and oxygen atoms in total. The Hall–Kier alpha value is -4.60. The number of nitrogens with one attached hydrogen (secondary N) is 1. The van der Waals surface area contributed by atoms with Crippen molar-refractivity contribution < 1.29 is 13.9 Å². The number of ether oxygens (including phenoxy) is 1. The molecule has 0 unspecified atom stereocenters. The van der Waals surface area contributed by atoms with E-state index in [2.05, 4.69) is 25.5 Å². The summed E-state index contributed by atoms with van der Waals surface area (Å²) in [6, 6.07) is 12.9. The molecule has 182 valence electrons. The summed E-state index contributed by atoms with van der Waals surface area (Å²) in [5.41, 5.74) is 3.33. The topological polar surface area (TPSA) is 99.8 Å². The average molecular weight is 486 g/mol. The number of carbonyl (C=O) groups excluding carboxylic acids is 1. The molecule has 0 aliphatic carbocycles. The van der Waals surface area contributed by atoms with Crippen molar-refractivity contribution in [2.75, 3.05) is 7.11 Å². The number of amides is 1. The number of rotatable bonds is 7. The number of hydrogen-bond donors (Lipinski definition) is 1. The molecule has 0 aliphatic rings. The smallest absolute Gasteiger partial charge is 0.252 e. The number of aromatic nitrogens is 6. The normalized spacial score (nSPS) is 12.0. The number of hydrogen-bond acceptors (Lipinski definition) is 6. The van der Waals surface area contributed by atoms with Gasteiger partial charge in [0.15, 0.2) is 11.6 Å². The molecular formula is C26H24FN7O2. The molecule has 36 heavy (non-hydrogen) atoms. The van der Waals surface area contributed by atoms with Crippen LogP contribution in [0.3, 0.4) is 0 Å². The maximum atomic E-state index is 14.5. The van der Waals surface area contributed by atoms with Gasteiger partial charge in [0.25, 0.3) is 5.91 Å². The zero-order valence-corrected chi connectivity index (χ0v) is 20.0. The van der Waals surface area contributed by atoms with Gasteiger partial charge in [0.05, 0.1) is 24.4 Å². The van der Waals surface area contributed by atoms with Crippen molar-refractivity contribution in [2.45, 2.75) is 12.5 Å². The van der Waals surface area contributed by atoms with E-state index >= 15 is 0 Å².